The van der Waals surface area contributed by atoms with Crippen LogP contribution in [0.1, 0.15) is 18.4 Å². The van der Waals surface area contributed by atoms with E-state index in [1.165, 1.54) is 5.56 Å². The van der Waals surface area contributed by atoms with Crippen molar-refractivity contribution in [1.29, 1.82) is 0 Å². The van der Waals surface area contributed by atoms with Gasteiger partial charge in [-0.3, -0.25) is 0 Å². The number of rotatable bonds is 5. The van der Waals surface area contributed by atoms with Crippen LogP contribution in [0.15, 0.2) is 24.3 Å². The highest BCUT2D eigenvalue weighted by Gasteiger charge is 2.23. The van der Waals surface area contributed by atoms with Crippen molar-refractivity contribution in [3.63, 3.8) is 0 Å². The smallest absolute Gasteiger partial charge is 0.119 e. The summed E-state index contributed by atoms with van der Waals surface area (Å²) in [6.07, 6.45) is 2.22. The van der Waals surface area contributed by atoms with Gasteiger partial charge < -0.3 is 15.2 Å². The molecule has 1 atom stereocenters. The van der Waals surface area contributed by atoms with Gasteiger partial charge in [-0.15, -0.1) is 0 Å². The lowest BCUT2D eigenvalue weighted by atomic mass is 9.86. The molecule has 0 aliphatic carbocycles. The fourth-order valence-electron chi connectivity index (χ4n) is 2.49. The molecule has 1 fully saturated rings. The zero-order valence-electron chi connectivity index (χ0n) is 11.1. The van der Waals surface area contributed by atoms with Gasteiger partial charge in [-0.05, 0) is 49.9 Å². The average molecular weight is 249 g/mol. The number of aryl methyl sites for hydroxylation is 1. The minimum Gasteiger partial charge on any atom is -0.493 e. The van der Waals surface area contributed by atoms with Crippen LogP contribution in [-0.4, -0.2) is 26.4 Å². The first-order valence-corrected chi connectivity index (χ1v) is 6.77. The quantitative estimate of drug-likeness (QED) is 0.871. The topological polar surface area (TPSA) is 44.5 Å². The molecule has 0 aromatic heterocycles. The third-order valence-corrected chi connectivity index (χ3v) is 3.69. The highest BCUT2D eigenvalue weighted by Crippen LogP contribution is 2.24. The summed E-state index contributed by atoms with van der Waals surface area (Å²) in [5, 5.41) is 0. The molecule has 0 spiro atoms. The van der Waals surface area contributed by atoms with E-state index in [4.69, 9.17) is 15.2 Å². The summed E-state index contributed by atoms with van der Waals surface area (Å²) in [5.74, 6) is 2.03. The minimum atomic E-state index is 0.439. The van der Waals surface area contributed by atoms with Gasteiger partial charge in [0.2, 0.25) is 0 Å². The fraction of sp³-hybridized carbons (Fsp3) is 0.600. The Labute approximate surface area is 109 Å². The lowest BCUT2D eigenvalue weighted by molar-refractivity contribution is 0.0381. The van der Waals surface area contributed by atoms with Gasteiger partial charge in [0.15, 0.2) is 0 Å². The third-order valence-electron chi connectivity index (χ3n) is 3.69. The zero-order chi connectivity index (χ0) is 12.8. The van der Waals surface area contributed by atoms with Gasteiger partial charge in [-0.25, -0.2) is 0 Å². The van der Waals surface area contributed by atoms with Gasteiger partial charge in [-0.2, -0.15) is 0 Å². The van der Waals surface area contributed by atoms with E-state index in [-0.39, 0.29) is 0 Å². The Kier molecular flexibility index (Phi) is 5.02. The SMILES string of the molecule is Cc1cccc(OCC(CN)C2CCOCC2)c1. The predicted octanol–water partition coefficient (Wildman–Crippen LogP) is 2.38. The molecule has 1 aliphatic rings. The number of hydrogen-bond donors (Lipinski definition) is 1. The summed E-state index contributed by atoms with van der Waals surface area (Å²) in [5.41, 5.74) is 7.10. The van der Waals surface area contributed by atoms with Crippen LogP contribution in [0.5, 0.6) is 5.75 Å². The number of ether oxygens (including phenoxy) is 2. The normalized spacial score (nSPS) is 18.6. The monoisotopic (exact) mass is 249 g/mol. The standard InChI is InChI=1S/C15H23NO2/c1-12-3-2-4-15(9-12)18-11-14(10-16)13-5-7-17-8-6-13/h2-4,9,13-14H,5-8,10-11,16H2,1H3. The van der Waals surface area contributed by atoms with E-state index in [1.54, 1.807) is 0 Å². The highest BCUT2D eigenvalue weighted by atomic mass is 16.5. The number of nitrogens with two attached hydrogens (primary N) is 1. The summed E-state index contributed by atoms with van der Waals surface area (Å²) in [7, 11) is 0. The summed E-state index contributed by atoms with van der Waals surface area (Å²) < 4.78 is 11.3. The average Bonchev–Trinajstić information content (AvgIpc) is 2.41. The van der Waals surface area contributed by atoms with E-state index in [9.17, 15) is 0 Å². The van der Waals surface area contributed by atoms with Gasteiger partial charge in [-0.1, -0.05) is 12.1 Å². The van der Waals surface area contributed by atoms with Crippen LogP contribution >= 0.6 is 0 Å². The number of benzene rings is 1. The van der Waals surface area contributed by atoms with E-state index in [0.717, 1.165) is 31.8 Å². The second-order valence-electron chi connectivity index (χ2n) is 5.07. The van der Waals surface area contributed by atoms with Crippen LogP contribution in [0.25, 0.3) is 0 Å². The maximum Gasteiger partial charge on any atom is 0.119 e. The van der Waals surface area contributed by atoms with Gasteiger partial charge in [0, 0.05) is 19.1 Å². The summed E-state index contributed by atoms with van der Waals surface area (Å²) in [4.78, 5) is 0. The van der Waals surface area contributed by atoms with Crippen molar-refractivity contribution < 1.29 is 9.47 Å². The van der Waals surface area contributed by atoms with E-state index < -0.39 is 0 Å². The molecule has 1 unspecified atom stereocenters. The Bertz CT molecular complexity index is 361. The minimum absolute atomic E-state index is 0.439. The Balaban J connectivity index is 1.86. The first-order valence-electron chi connectivity index (χ1n) is 6.77. The second-order valence-corrected chi connectivity index (χ2v) is 5.07. The molecule has 3 heteroatoms. The Hall–Kier alpha value is -1.06. The second kappa shape index (κ2) is 6.76. The Morgan fingerprint density at radius 1 is 1.39 bits per heavy atom. The van der Waals surface area contributed by atoms with Crippen molar-refractivity contribution in [1.82, 2.24) is 0 Å². The summed E-state index contributed by atoms with van der Waals surface area (Å²) in [6, 6.07) is 8.17. The molecular weight excluding hydrogens is 226 g/mol. The molecule has 0 bridgehead atoms. The lowest BCUT2D eigenvalue weighted by Gasteiger charge is -2.29. The summed E-state index contributed by atoms with van der Waals surface area (Å²) in [6.45, 7) is 5.21. The first kappa shape index (κ1) is 13.4. The molecule has 1 aromatic carbocycles. The van der Waals surface area contributed by atoms with Crippen molar-refractivity contribution in [2.45, 2.75) is 19.8 Å². The van der Waals surface area contributed by atoms with E-state index >= 15 is 0 Å². The van der Waals surface area contributed by atoms with Crippen LogP contribution in [0.3, 0.4) is 0 Å². The van der Waals surface area contributed by atoms with Gasteiger partial charge in [0.25, 0.3) is 0 Å². The fourth-order valence-corrected chi connectivity index (χ4v) is 2.49. The molecule has 3 nitrogen and oxygen atoms in total. The summed E-state index contributed by atoms with van der Waals surface area (Å²) >= 11 is 0. The van der Waals surface area contributed by atoms with Crippen LogP contribution in [0.4, 0.5) is 0 Å². The maximum atomic E-state index is 5.88. The Morgan fingerprint density at radius 2 is 2.17 bits per heavy atom. The third kappa shape index (κ3) is 3.72. The van der Waals surface area contributed by atoms with Crippen molar-refractivity contribution in [3.8, 4) is 5.75 Å². The van der Waals surface area contributed by atoms with Crippen LogP contribution < -0.4 is 10.5 Å². The largest absolute Gasteiger partial charge is 0.493 e. The van der Waals surface area contributed by atoms with Crippen molar-refractivity contribution in [2.75, 3.05) is 26.4 Å². The van der Waals surface area contributed by atoms with Crippen LogP contribution in [0, 0.1) is 18.8 Å². The molecule has 0 saturated carbocycles. The first-order chi connectivity index (χ1) is 8.79. The highest BCUT2D eigenvalue weighted by molar-refractivity contribution is 5.27. The number of hydrogen-bond acceptors (Lipinski definition) is 3. The van der Waals surface area contributed by atoms with Gasteiger partial charge >= 0.3 is 0 Å². The van der Waals surface area contributed by atoms with Crippen molar-refractivity contribution in [3.05, 3.63) is 29.8 Å². The van der Waals surface area contributed by atoms with Crippen molar-refractivity contribution in [2.24, 2.45) is 17.6 Å². The molecule has 1 heterocycles. The van der Waals surface area contributed by atoms with Gasteiger partial charge in [0.05, 0.1) is 6.61 Å². The lowest BCUT2D eigenvalue weighted by Crippen LogP contribution is -2.32. The molecule has 1 saturated heterocycles. The van der Waals surface area contributed by atoms with Gasteiger partial charge in [0.1, 0.15) is 5.75 Å². The molecule has 0 amide bonds. The molecule has 2 N–H and O–H groups in total. The van der Waals surface area contributed by atoms with Crippen LogP contribution in [0.2, 0.25) is 0 Å². The molecule has 1 aliphatic heterocycles. The van der Waals surface area contributed by atoms with E-state index in [1.807, 2.05) is 12.1 Å². The molecule has 18 heavy (non-hydrogen) atoms. The van der Waals surface area contributed by atoms with Crippen LogP contribution in [-0.2, 0) is 4.74 Å². The zero-order valence-corrected chi connectivity index (χ0v) is 11.1. The molecule has 2 rings (SSSR count). The van der Waals surface area contributed by atoms with E-state index in [0.29, 0.717) is 25.0 Å². The van der Waals surface area contributed by atoms with Crippen molar-refractivity contribution >= 4 is 0 Å². The van der Waals surface area contributed by atoms with E-state index in [2.05, 4.69) is 19.1 Å². The molecular formula is C15H23NO2. The predicted molar refractivity (Wildman–Crippen MR) is 72.8 cm³/mol. The Morgan fingerprint density at radius 3 is 2.83 bits per heavy atom. The maximum absolute atomic E-state index is 5.88. The molecule has 100 valence electrons. The molecule has 0 radical (unpaired) electrons. The molecule has 1 aromatic rings.